The maximum atomic E-state index is 10.3. The second-order valence-corrected chi connectivity index (χ2v) is 3.55. The second-order valence-electron chi connectivity index (χ2n) is 2.69. The molecule has 51 valence electrons. The fourth-order valence-corrected chi connectivity index (χ4v) is 1.55. The SMILES string of the molecule is O=[C]C1(S)CCCCC1. The second kappa shape index (κ2) is 2.74. The molecule has 1 fully saturated rings. The summed E-state index contributed by atoms with van der Waals surface area (Å²) in [4.78, 5) is 10.3. The van der Waals surface area contributed by atoms with Crippen molar-refractivity contribution in [3.63, 3.8) is 0 Å². The molecule has 0 saturated heterocycles. The molecule has 1 aliphatic carbocycles. The lowest BCUT2D eigenvalue weighted by atomic mass is 9.89. The number of carbonyl (C=O) groups excluding carboxylic acids is 1. The summed E-state index contributed by atoms with van der Waals surface area (Å²) in [6.07, 6.45) is 7.36. The third kappa shape index (κ3) is 1.71. The van der Waals surface area contributed by atoms with Gasteiger partial charge < -0.3 is 0 Å². The Morgan fingerprint density at radius 1 is 1.22 bits per heavy atom. The van der Waals surface area contributed by atoms with E-state index in [1.54, 1.807) is 0 Å². The summed E-state index contributed by atoms with van der Waals surface area (Å²) in [5.74, 6) is 0. The molecule has 0 amide bonds. The third-order valence-electron chi connectivity index (χ3n) is 1.87. The Balaban J connectivity index is 2.46. The van der Waals surface area contributed by atoms with E-state index < -0.39 is 4.75 Å². The van der Waals surface area contributed by atoms with E-state index in [2.05, 4.69) is 12.6 Å². The molecule has 1 saturated carbocycles. The van der Waals surface area contributed by atoms with Crippen LogP contribution in [0.1, 0.15) is 32.1 Å². The van der Waals surface area contributed by atoms with Gasteiger partial charge >= 0.3 is 0 Å². The van der Waals surface area contributed by atoms with Crippen molar-refractivity contribution in [2.24, 2.45) is 0 Å². The van der Waals surface area contributed by atoms with Crippen LogP contribution in [0.2, 0.25) is 0 Å². The molecule has 2 heteroatoms. The molecular weight excluding hydrogens is 132 g/mol. The average molecular weight is 143 g/mol. The Morgan fingerprint density at radius 3 is 2.11 bits per heavy atom. The molecule has 9 heavy (non-hydrogen) atoms. The molecule has 1 radical (unpaired) electrons. The summed E-state index contributed by atoms with van der Waals surface area (Å²) < 4.78 is -0.391. The van der Waals surface area contributed by atoms with E-state index in [-0.39, 0.29) is 0 Å². The highest BCUT2D eigenvalue weighted by Crippen LogP contribution is 2.31. The first-order valence-electron chi connectivity index (χ1n) is 3.38. The van der Waals surface area contributed by atoms with Gasteiger partial charge in [0.1, 0.15) is 0 Å². The lowest BCUT2D eigenvalue weighted by molar-refractivity contribution is 0.444. The van der Waals surface area contributed by atoms with Gasteiger partial charge in [0.25, 0.3) is 0 Å². The van der Waals surface area contributed by atoms with Gasteiger partial charge in [-0.05, 0) is 12.8 Å². The van der Waals surface area contributed by atoms with E-state index in [4.69, 9.17) is 0 Å². The van der Waals surface area contributed by atoms with E-state index in [9.17, 15) is 4.79 Å². The first-order valence-corrected chi connectivity index (χ1v) is 3.83. The van der Waals surface area contributed by atoms with Gasteiger partial charge in [-0.15, -0.1) is 0 Å². The van der Waals surface area contributed by atoms with Gasteiger partial charge in [0, 0.05) is 0 Å². The zero-order valence-electron chi connectivity index (χ0n) is 5.39. The van der Waals surface area contributed by atoms with Crippen LogP contribution in [0.15, 0.2) is 0 Å². The van der Waals surface area contributed by atoms with Gasteiger partial charge in [-0.25, -0.2) is 0 Å². The first kappa shape index (κ1) is 7.13. The van der Waals surface area contributed by atoms with Crippen molar-refractivity contribution in [2.45, 2.75) is 36.9 Å². The molecule has 1 rings (SSSR count). The zero-order chi connectivity index (χ0) is 6.74. The molecule has 0 unspecified atom stereocenters. The van der Waals surface area contributed by atoms with Crippen molar-refractivity contribution in [1.29, 1.82) is 0 Å². The van der Waals surface area contributed by atoms with Gasteiger partial charge in [0.15, 0.2) is 0 Å². The monoisotopic (exact) mass is 143 g/mol. The predicted molar refractivity (Wildman–Crippen MR) is 40.5 cm³/mol. The van der Waals surface area contributed by atoms with Crippen molar-refractivity contribution in [3.05, 3.63) is 0 Å². The van der Waals surface area contributed by atoms with Crippen molar-refractivity contribution in [1.82, 2.24) is 0 Å². The highest BCUT2D eigenvalue weighted by atomic mass is 32.1. The van der Waals surface area contributed by atoms with Crippen LogP contribution in [0.3, 0.4) is 0 Å². The van der Waals surface area contributed by atoms with Crippen LogP contribution in [0, 0.1) is 0 Å². The maximum absolute atomic E-state index is 10.3. The van der Waals surface area contributed by atoms with Crippen LogP contribution in [0.25, 0.3) is 0 Å². The Kier molecular flexibility index (Phi) is 2.17. The molecular formula is C7H11OS. The summed E-state index contributed by atoms with van der Waals surface area (Å²) in [7, 11) is 0. The maximum Gasteiger partial charge on any atom is 0.215 e. The van der Waals surface area contributed by atoms with Crippen molar-refractivity contribution in [3.8, 4) is 0 Å². The Labute approximate surface area is 61.2 Å². The normalized spacial score (nSPS) is 25.4. The molecule has 0 aliphatic heterocycles. The molecule has 1 nitrogen and oxygen atoms in total. The van der Waals surface area contributed by atoms with Crippen molar-refractivity contribution < 1.29 is 4.79 Å². The van der Waals surface area contributed by atoms with Crippen LogP contribution in [-0.4, -0.2) is 11.0 Å². The minimum atomic E-state index is -0.391. The largest absolute Gasteiger partial charge is 0.289 e. The molecule has 0 spiro atoms. The van der Waals surface area contributed by atoms with E-state index in [1.807, 2.05) is 6.29 Å². The summed E-state index contributed by atoms with van der Waals surface area (Å²) in [5, 5.41) is 0. The zero-order valence-corrected chi connectivity index (χ0v) is 6.29. The molecule has 0 N–H and O–H groups in total. The van der Waals surface area contributed by atoms with Crippen molar-refractivity contribution in [2.75, 3.05) is 0 Å². The van der Waals surface area contributed by atoms with Gasteiger partial charge in [-0.2, -0.15) is 12.6 Å². The summed E-state index contributed by atoms with van der Waals surface area (Å²) in [6.45, 7) is 0. The molecule has 0 heterocycles. The smallest absolute Gasteiger partial charge is 0.215 e. The molecule has 0 aromatic rings. The predicted octanol–water partition coefficient (Wildman–Crippen LogP) is 1.73. The van der Waals surface area contributed by atoms with E-state index >= 15 is 0 Å². The van der Waals surface area contributed by atoms with Crippen LogP contribution in [0.5, 0.6) is 0 Å². The number of rotatable bonds is 1. The number of thiol groups is 1. The summed E-state index contributed by atoms with van der Waals surface area (Å²) in [6, 6.07) is 0. The Hall–Kier alpha value is 0.0200. The van der Waals surface area contributed by atoms with Gasteiger partial charge in [-0.3, -0.25) is 4.79 Å². The highest BCUT2D eigenvalue weighted by Gasteiger charge is 2.27. The van der Waals surface area contributed by atoms with Crippen LogP contribution >= 0.6 is 12.6 Å². The van der Waals surface area contributed by atoms with Gasteiger partial charge in [0.2, 0.25) is 6.29 Å². The fraction of sp³-hybridized carbons (Fsp3) is 0.857. The lowest BCUT2D eigenvalue weighted by Gasteiger charge is -2.25. The fourth-order valence-electron chi connectivity index (χ4n) is 1.24. The third-order valence-corrected chi connectivity index (χ3v) is 2.41. The van der Waals surface area contributed by atoms with Crippen molar-refractivity contribution >= 4 is 18.9 Å². The Morgan fingerprint density at radius 2 is 1.78 bits per heavy atom. The number of hydrogen-bond acceptors (Lipinski definition) is 2. The van der Waals surface area contributed by atoms with E-state index in [0.29, 0.717) is 0 Å². The quantitative estimate of drug-likeness (QED) is 0.553. The summed E-state index contributed by atoms with van der Waals surface area (Å²) >= 11 is 4.23. The minimum absolute atomic E-state index is 0.391. The molecule has 0 aromatic carbocycles. The minimum Gasteiger partial charge on any atom is -0.289 e. The number of hydrogen-bond donors (Lipinski definition) is 1. The molecule has 0 atom stereocenters. The topological polar surface area (TPSA) is 17.1 Å². The standard InChI is InChI=1S/C7H11OS/c8-6-7(9)4-2-1-3-5-7/h9H,1-5H2. The molecule has 0 aromatic heterocycles. The van der Waals surface area contributed by atoms with Crippen LogP contribution in [0.4, 0.5) is 0 Å². The van der Waals surface area contributed by atoms with Crippen LogP contribution < -0.4 is 0 Å². The van der Waals surface area contributed by atoms with E-state index in [1.165, 1.54) is 6.42 Å². The van der Waals surface area contributed by atoms with Gasteiger partial charge in [0.05, 0.1) is 4.75 Å². The lowest BCUT2D eigenvalue weighted by Crippen LogP contribution is -2.26. The first-order chi connectivity index (χ1) is 4.27. The summed E-state index contributed by atoms with van der Waals surface area (Å²) in [5.41, 5.74) is 0. The Bertz CT molecular complexity index is 105. The van der Waals surface area contributed by atoms with E-state index in [0.717, 1.165) is 25.7 Å². The molecule has 1 aliphatic rings. The highest BCUT2D eigenvalue weighted by molar-refractivity contribution is 7.82. The average Bonchev–Trinajstić information content (AvgIpc) is 1.90. The molecule has 0 bridgehead atoms. The van der Waals surface area contributed by atoms with Gasteiger partial charge in [-0.1, -0.05) is 19.3 Å². The van der Waals surface area contributed by atoms with Crippen LogP contribution in [-0.2, 0) is 4.79 Å².